The highest BCUT2D eigenvalue weighted by molar-refractivity contribution is 9.10. The zero-order valence-corrected chi connectivity index (χ0v) is 12.8. The minimum atomic E-state index is -4.64. The molecule has 1 fully saturated rings. The van der Waals surface area contributed by atoms with Crippen molar-refractivity contribution in [1.29, 1.82) is 0 Å². The minimum absolute atomic E-state index is 0.000316. The van der Waals surface area contributed by atoms with Crippen molar-refractivity contribution in [3.63, 3.8) is 0 Å². The van der Waals surface area contributed by atoms with Crippen molar-refractivity contribution in [3.8, 4) is 0 Å². The van der Waals surface area contributed by atoms with Crippen LogP contribution in [-0.4, -0.2) is 42.3 Å². The van der Waals surface area contributed by atoms with Crippen LogP contribution in [0.5, 0.6) is 0 Å². The third-order valence-electron chi connectivity index (χ3n) is 3.00. The standard InChI is InChI=1S/C13H12BrF3N2O3/c14-8-2-1-3-9(6-8)18-10(13(15,16)17)7-11(20)19-4-5-22-12(19)21/h1-3,6,10,18H,4-5,7H2/t10-/m1/s1. The van der Waals surface area contributed by atoms with Gasteiger partial charge in [-0.05, 0) is 18.2 Å². The van der Waals surface area contributed by atoms with E-state index < -0.39 is 30.6 Å². The topological polar surface area (TPSA) is 58.6 Å². The lowest BCUT2D eigenvalue weighted by molar-refractivity contribution is -0.153. The molecule has 0 bridgehead atoms. The number of hydrogen-bond donors (Lipinski definition) is 1. The Morgan fingerprint density at radius 2 is 2.18 bits per heavy atom. The van der Waals surface area contributed by atoms with E-state index in [1.165, 1.54) is 12.1 Å². The van der Waals surface area contributed by atoms with Crippen LogP contribution in [0.1, 0.15) is 6.42 Å². The van der Waals surface area contributed by atoms with Gasteiger partial charge >= 0.3 is 12.3 Å². The molecule has 0 unspecified atom stereocenters. The Balaban J connectivity index is 2.10. The molecule has 2 rings (SSSR count). The summed E-state index contributed by atoms with van der Waals surface area (Å²) in [6, 6.07) is 4.06. The van der Waals surface area contributed by atoms with E-state index in [0.717, 1.165) is 0 Å². The van der Waals surface area contributed by atoms with Gasteiger partial charge < -0.3 is 10.1 Å². The van der Waals surface area contributed by atoms with Gasteiger partial charge in [-0.2, -0.15) is 13.2 Å². The van der Waals surface area contributed by atoms with E-state index in [4.69, 9.17) is 0 Å². The fraction of sp³-hybridized carbons (Fsp3) is 0.385. The maximum absolute atomic E-state index is 13.1. The lowest BCUT2D eigenvalue weighted by Gasteiger charge is -2.23. The van der Waals surface area contributed by atoms with Gasteiger partial charge in [0.05, 0.1) is 13.0 Å². The van der Waals surface area contributed by atoms with Crippen molar-refractivity contribution < 1.29 is 27.5 Å². The zero-order chi connectivity index (χ0) is 16.3. The summed E-state index contributed by atoms with van der Waals surface area (Å²) >= 11 is 3.16. The van der Waals surface area contributed by atoms with Crippen molar-refractivity contribution in [2.45, 2.75) is 18.6 Å². The molecule has 1 N–H and O–H groups in total. The minimum Gasteiger partial charge on any atom is -0.447 e. The van der Waals surface area contributed by atoms with Crippen LogP contribution in [0.15, 0.2) is 28.7 Å². The number of carbonyl (C=O) groups excluding carboxylic acids is 2. The average Bonchev–Trinajstić information content (AvgIpc) is 2.83. The fourth-order valence-electron chi connectivity index (χ4n) is 1.93. The molecule has 1 aliphatic heterocycles. The summed E-state index contributed by atoms with van der Waals surface area (Å²) in [7, 11) is 0. The summed E-state index contributed by atoms with van der Waals surface area (Å²) < 4.78 is 44.4. The van der Waals surface area contributed by atoms with E-state index in [1.807, 2.05) is 0 Å². The molecule has 1 atom stereocenters. The molecule has 5 nitrogen and oxygen atoms in total. The van der Waals surface area contributed by atoms with Crippen LogP contribution in [0.25, 0.3) is 0 Å². The number of halogens is 4. The molecule has 120 valence electrons. The molecule has 1 saturated heterocycles. The highest BCUT2D eigenvalue weighted by Gasteiger charge is 2.43. The van der Waals surface area contributed by atoms with Gasteiger partial charge in [-0.25, -0.2) is 9.69 Å². The van der Waals surface area contributed by atoms with Crippen LogP contribution >= 0.6 is 15.9 Å². The van der Waals surface area contributed by atoms with Crippen LogP contribution in [0.2, 0.25) is 0 Å². The normalized spacial score (nSPS) is 16.4. The smallest absolute Gasteiger partial charge is 0.416 e. The first-order valence-electron chi connectivity index (χ1n) is 6.33. The van der Waals surface area contributed by atoms with Gasteiger partial charge in [0.2, 0.25) is 5.91 Å². The van der Waals surface area contributed by atoms with Gasteiger partial charge in [0, 0.05) is 10.2 Å². The second-order valence-electron chi connectivity index (χ2n) is 4.61. The number of hydrogen-bond acceptors (Lipinski definition) is 4. The summed E-state index contributed by atoms with van der Waals surface area (Å²) in [6.45, 7) is -0.0283. The van der Waals surface area contributed by atoms with Gasteiger partial charge in [-0.15, -0.1) is 0 Å². The van der Waals surface area contributed by atoms with E-state index in [1.54, 1.807) is 12.1 Å². The van der Waals surface area contributed by atoms with Crippen LogP contribution in [0, 0.1) is 0 Å². The fourth-order valence-corrected chi connectivity index (χ4v) is 2.33. The Hall–Kier alpha value is -1.77. The van der Waals surface area contributed by atoms with E-state index >= 15 is 0 Å². The molecule has 1 aliphatic rings. The summed E-state index contributed by atoms with van der Waals surface area (Å²) in [5.74, 6) is -0.924. The predicted octanol–water partition coefficient (Wildman–Crippen LogP) is 3.16. The van der Waals surface area contributed by atoms with Crippen molar-refractivity contribution in [1.82, 2.24) is 4.90 Å². The number of carbonyl (C=O) groups is 2. The highest BCUT2D eigenvalue weighted by Crippen LogP contribution is 2.28. The first-order chi connectivity index (χ1) is 10.3. The Morgan fingerprint density at radius 3 is 2.73 bits per heavy atom. The lowest BCUT2D eigenvalue weighted by Crippen LogP contribution is -2.42. The third-order valence-corrected chi connectivity index (χ3v) is 3.49. The molecule has 0 saturated carbocycles. The Morgan fingerprint density at radius 1 is 1.45 bits per heavy atom. The van der Waals surface area contributed by atoms with Gasteiger partial charge in [0.1, 0.15) is 12.6 Å². The van der Waals surface area contributed by atoms with E-state index in [9.17, 15) is 22.8 Å². The number of imide groups is 1. The Labute approximate surface area is 132 Å². The third kappa shape index (κ3) is 4.12. The zero-order valence-electron chi connectivity index (χ0n) is 11.2. The molecule has 1 heterocycles. The molecule has 0 aromatic heterocycles. The van der Waals surface area contributed by atoms with Crippen LogP contribution in [0.3, 0.4) is 0 Å². The number of rotatable bonds is 4. The number of cyclic esters (lactones) is 1. The van der Waals surface area contributed by atoms with Crippen molar-refractivity contribution in [3.05, 3.63) is 28.7 Å². The number of alkyl halides is 3. The summed E-state index contributed by atoms with van der Waals surface area (Å²) in [6.07, 6.45) is -6.43. The number of benzene rings is 1. The van der Waals surface area contributed by atoms with E-state index in [2.05, 4.69) is 26.0 Å². The van der Waals surface area contributed by atoms with Gasteiger partial charge in [-0.3, -0.25) is 4.79 Å². The molecule has 0 radical (unpaired) electrons. The van der Waals surface area contributed by atoms with Crippen LogP contribution < -0.4 is 5.32 Å². The monoisotopic (exact) mass is 380 g/mol. The van der Waals surface area contributed by atoms with E-state index in [0.29, 0.717) is 9.37 Å². The SMILES string of the molecule is O=C(C[C@@H](Nc1cccc(Br)c1)C(F)(F)F)N1CCOC1=O. The maximum atomic E-state index is 13.1. The van der Waals surface area contributed by atoms with Crippen molar-refractivity contribution >= 4 is 33.6 Å². The maximum Gasteiger partial charge on any atom is 0.416 e. The second-order valence-corrected chi connectivity index (χ2v) is 5.53. The predicted molar refractivity (Wildman–Crippen MR) is 75.3 cm³/mol. The number of amides is 2. The number of anilines is 1. The quantitative estimate of drug-likeness (QED) is 0.871. The first-order valence-corrected chi connectivity index (χ1v) is 7.12. The molecule has 1 aromatic rings. The largest absolute Gasteiger partial charge is 0.447 e. The van der Waals surface area contributed by atoms with E-state index in [-0.39, 0.29) is 18.8 Å². The Kier molecular flexibility index (Phi) is 4.94. The molecule has 0 spiro atoms. The molecule has 22 heavy (non-hydrogen) atoms. The molecular formula is C13H12BrF3N2O3. The Bertz CT molecular complexity index is 580. The molecule has 0 aliphatic carbocycles. The summed E-state index contributed by atoms with van der Waals surface area (Å²) in [5, 5.41) is 2.27. The second kappa shape index (κ2) is 6.55. The lowest BCUT2D eigenvalue weighted by atomic mass is 10.1. The number of ether oxygens (including phenoxy) is 1. The highest BCUT2D eigenvalue weighted by atomic mass is 79.9. The number of nitrogens with zero attached hydrogens (tertiary/aromatic N) is 1. The average molecular weight is 381 g/mol. The van der Waals surface area contributed by atoms with Gasteiger partial charge in [0.25, 0.3) is 0 Å². The van der Waals surface area contributed by atoms with Crippen LogP contribution in [0.4, 0.5) is 23.7 Å². The van der Waals surface area contributed by atoms with Crippen molar-refractivity contribution in [2.75, 3.05) is 18.5 Å². The molecular weight excluding hydrogens is 369 g/mol. The van der Waals surface area contributed by atoms with Crippen molar-refractivity contribution in [2.24, 2.45) is 0 Å². The van der Waals surface area contributed by atoms with Gasteiger partial charge in [0.15, 0.2) is 0 Å². The molecule has 2 amide bonds. The summed E-state index contributed by atoms with van der Waals surface area (Å²) in [4.78, 5) is 23.8. The first kappa shape index (κ1) is 16.6. The number of nitrogens with one attached hydrogen (secondary N) is 1. The van der Waals surface area contributed by atoms with Gasteiger partial charge in [-0.1, -0.05) is 22.0 Å². The van der Waals surface area contributed by atoms with Crippen LogP contribution in [-0.2, 0) is 9.53 Å². The molecule has 1 aromatic carbocycles. The molecule has 9 heteroatoms. The summed E-state index contributed by atoms with van der Waals surface area (Å²) in [5.41, 5.74) is 0.216.